The molecule has 2 aromatic carbocycles. The fraction of sp³-hybridized carbons (Fsp3) is 0.217. The van der Waals surface area contributed by atoms with Crippen LogP contribution in [0.5, 0.6) is 11.5 Å². The number of hydrogen-bond acceptors (Lipinski definition) is 10. The fourth-order valence-corrected chi connectivity index (χ4v) is 6.55. The summed E-state index contributed by atoms with van der Waals surface area (Å²) in [5, 5.41) is 16.6. The van der Waals surface area contributed by atoms with Crippen LogP contribution in [0.4, 0.5) is 5.82 Å². The van der Waals surface area contributed by atoms with E-state index >= 15 is 0 Å². The summed E-state index contributed by atoms with van der Waals surface area (Å²) in [7, 11) is -3.76. The minimum absolute atomic E-state index is 0.0205. The Balaban J connectivity index is 1.50. The number of aromatic nitrogens is 1. The zero-order valence-corrected chi connectivity index (χ0v) is 21.6. The van der Waals surface area contributed by atoms with Gasteiger partial charge in [-0.15, -0.1) is 0 Å². The Morgan fingerprint density at radius 2 is 1.78 bits per heavy atom. The zero-order chi connectivity index (χ0) is 27.0. The highest BCUT2D eigenvalue weighted by atomic mass is 32.2. The second-order valence-corrected chi connectivity index (χ2v) is 12.0. The molecule has 0 saturated carbocycles. The standard InChI is InChI=1S/C23H23N3O9S2/c1-26-21(22(27)16-6-4-5-7-19(16)37(26,31)32)23(28)24-20-11-15(35-25-20)13-36(29,30)12-14-8-9-17(33-2)18(10-14)34-3/h4-11,27H,12-13H2,1-3H3,(H,24,25,28). The average Bonchev–Trinajstić information content (AvgIpc) is 3.28. The molecule has 14 heteroatoms. The van der Waals surface area contributed by atoms with E-state index in [4.69, 9.17) is 14.0 Å². The van der Waals surface area contributed by atoms with Crippen molar-refractivity contribution in [1.29, 1.82) is 0 Å². The van der Waals surface area contributed by atoms with E-state index in [1.807, 2.05) is 0 Å². The predicted molar refractivity (Wildman–Crippen MR) is 132 cm³/mol. The van der Waals surface area contributed by atoms with Crippen LogP contribution in [-0.4, -0.2) is 58.6 Å². The molecular formula is C23H23N3O9S2. The summed E-state index contributed by atoms with van der Waals surface area (Å²) in [5.74, 6) is -1.72. The first-order valence-corrected chi connectivity index (χ1v) is 13.9. The van der Waals surface area contributed by atoms with Gasteiger partial charge in [0.2, 0.25) is 0 Å². The number of sulfone groups is 1. The van der Waals surface area contributed by atoms with Gasteiger partial charge >= 0.3 is 0 Å². The smallest absolute Gasteiger partial charge is 0.278 e. The number of benzene rings is 2. The molecule has 2 heterocycles. The third-order valence-electron chi connectivity index (χ3n) is 5.53. The highest BCUT2D eigenvalue weighted by molar-refractivity contribution is 7.90. The van der Waals surface area contributed by atoms with E-state index in [-0.39, 0.29) is 27.8 Å². The van der Waals surface area contributed by atoms with Crippen molar-refractivity contribution in [2.24, 2.45) is 0 Å². The van der Waals surface area contributed by atoms with Crippen LogP contribution in [0.15, 0.2) is 63.6 Å². The Hall–Kier alpha value is -4.04. The lowest BCUT2D eigenvalue weighted by atomic mass is 10.1. The largest absolute Gasteiger partial charge is 0.505 e. The van der Waals surface area contributed by atoms with Gasteiger partial charge in [-0.3, -0.25) is 9.10 Å². The number of rotatable bonds is 8. The van der Waals surface area contributed by atoms with Crippen LogP contribution in [0.1, 0.15) is 16.9 Å². The van der Waals surface area contributed by atoms with Gasteiger partial charge in [0, 0.05) is 18.7 Å². The maximum atomic E-state index is 12.9. The van der Waals surface area contributed by atoms with Crippen molar-refractivity contribution in [3.05, 3.63) is 71.1 Å². The first-order valence-electron chi connectivity index (χ1n) is 10.7. The number of ether oxygens (including phenoxy) is 2. The number of nitrogens with zero attached hydrogens (tertiary/aromatic N) is 2. The molecule has 0 unspecified atom stereocenters. The van der Waals surface area contributed by atoms with E-state index in [9.17, 15) is 26.7 Å². The number of aliphatic hydroxyl groups excluding tert-OH is 1. The van der Waals surface area contributed by atoms with Gasteiger partial charge in [-0.25, -0.2) is 16.8 Å². The minimum Gasteiger partial charge on any atom is -0.505 e. The van der Waals surface area contributed by atoms with Gasteiger partial charge in [-0.05, 0) is 29.8 Å². The highest BCUT2D eigenvalue weighted by Gasteiger charge is 2.38. The molecule has 1 aliphatic heterocycles. The Morgan fingerprint density at radius 3 is 2.49 bits per heavy atom. The van der Waals surface area contributed by atoms with Crippen molar-refractivity contribution in [2.75, 3.05) is 26.6 Å². The minimum atomic E-state index is -4.08. The van der Waals surface area contributed by atoms with Gasteiger partial charge in [0.25, 0.3) is 15.9 Å². The van der Waals surface area contributed by atoms with E-state index in [1.165, 1.54) is 44.6 Å². The van der Waals surface area contributed by atoms with Crippen molar-refractivity contribution in [3.63, 3.8) is 0 Å². The monoisotopic (exact) mass is 549 g/mol. The lowest BCUT2D eigenvalue weighted by Crippen LogP contribution is -2.37. The number of nitrogens with one attached hydrogen (secondary N) is 1. The molecule has 1 amide bonds. The van der Waals surface area contributed by atoms with Crippen LogP contribution in [0.25, 0.3) is 5.76 Å². The number of sulfonamides is 1. The van der Waals surface area contributed by atoms with Crippen LogP contribution in [0.3, 0.4) is 0 Å². The Morgan fingerprint density at radius 1 is 1.08 bits per heavy atom. The molecule has 1 aliphatic rings. The van der Waals surface area contributed by atoms with Crippen LogP contribution < -0.4 is 14.8 Å². The number of methoxy groups -OCH3 is 2. The van der Waals surface area contributed by atoms with Crippen molar-refractivity contribution in [1.82, 2.24) is 9.46 Å². The number of amides is 1. The summed E-state index contributed by atoms with van der Waals surface area (Å²) in [5.41, 5.74) is -0.0768. The van der Waals surface area contributed by atoms with Gasteiger partial charge in [-0.2, -0.15) is 0 Å². The van der Waals surface area contributed by atoms with E-state index in [0.29, 0.717) is 21.4 Å². The van der Waals surface area contributed by atoms with E-state index < -0.39 is 43.0 Å². The number of fused-ring (bicyclic) bond motifs is 1. The van der Waals surface area contributed by atoms with Crippen LogP contribution >= 0.6 is 0 Å². The lowest BCUT2D eigenvalue weighted by molar-refractivity contribution is -0.113. The molecule has 0 bridgehead atoms. The third kappa shape index (κ3) is 5.11. The first-order chi connectivity index (χ1) is 17.5. The SMILES string of the molecule is COc1ccc(CS(=O)(=O)Cc2cc(NC(=O)C3=C(O)c4ccccc4S(=O)(=O)N3C)no2)cc1OC. The molecule has 0 radical (unpaired) electrons. The maximum Gasteiger partial charge on any atom is 0.278 e. The Bertz CT molecular complexity index is 1610. The van der Waals surface area contributed by atoms with E-state index in [0.717, 1.165) is 7.05 Å². The molecule has 4 rings (SSSR count). The molecule has 0 atom stereocenters. The van der Waals surface area contributed by atoms with Crippen LogP contribution in [-0.2, 0) is 36.2 Å². The molecule has 37 heavy (non-hydrogen) atoms. The molecule has 0 fully saturated rings. The number of carbonyl (C=O) groups is 1. The molecule has 2 N–H and O–H groups in total. The van der Waals surface area contributed by atoms with E-state index in [2.05, 4.69) is 10.5 Å². The molecular weight excluding hydrogens is 526 g/mol. The Labute approximate surface area is 213 Å². The topological polar surface area (TPSA) is 165 Å². The molecule has 0 spiro atoms. The zero-order valence-electron chi connectivity index (χ0n) is 20.0. The van der Waals surface area contributed by atoms with Crippen LogP contribution in [0.2, 0.25) is 0 Å². The van der Waals surface area contributed by atoms with Gasteiger partial charge in [0.15, 0.2) is 44.4 Å². The number of carbonyl (C=O) groups excluding carboxylic acids is 1. The molecule has 12 nitrogen and oxygen atoms in total. The van der Waals surface area contributed by atoms with Crippen molar-refractivity contribution >= 4 is 37.3 Å². The summed E-state index contributed by atoms with van der Waals surface area (Å²) in [6.45, 7) is 0. The number of aliphatic hydroxyl groups is 1. The summed E-state index contributed by atoms with van der Waals surface area (Å²) in [6, 6.07) is 11.7. The average molecular weight is 550 g/mol. The second kappa shape index (κ2) is 9.78. The maximum absolute atomic E-state index is 12.9. The summed E-state index contributed by atoms with van der Waals surface area (Å²) < 4.78 is 67.1. The van der Waals surface area contributed by atoms with Crippen molar-refractivity contribution < 1.29 is 40.7 Å². The molecule has 196 valence electrons. The summed E-state index contributed by atoms with van der Waals surface area (Å²) in [4.78, 5) is 12.7. The second-order valence-electron chi connectivity index (χ2n) is 8.02. The van der Waals surface area contributed by atoms with Gasteiger partial charge in [0.1, 0.15) is 5.75 Å². The van der Waals surface area contributed by atoms with Gasteiger partial charge in [-0.1, -0.05) is 23.4 Å². The fourth-order valence-electron chi connectivity index (χ4n) is 3.79. The number of anilines is 1. The number of hydrogen-bond donors (Lipinski definition) is 2. The molecule has 0 saturated heterocycles. The van der Waals surface area contributed by atoms with E-state index in [1.54, 1.807) is 18.2 Å². The van der Waals surface area contributed by atoms with Crippen molar-refractivity contribution in [2.45, 2.75) is 16.4 Å². The molecule has 1 aromatic heterocycles. The molecule has 3 aromatic rings. The predicted octanol–water partition coefficient (Wildman–Crippen LogP) is 2.31. The highest BCUT2D eigenvalue weighted by Crippen LogP contribution is 2.35. The first kappa shape index (κ1) is 26.0. The van der Waals surface area contributed by atoms with Crippen LogP contribution in [0, 0.1) is 0 Å². The van der Waals surface area contributed by atoms with Gasteiger partial charge < -0.3 is 24.4 Å². The lowest BCUT2D eigenvalue weighted by Gasteiger charge is -2.28. The Kier molecular flexibility index (Phi) is 6.88. The van der Waals surface area contributed by atoms with Crippen molar-refractivity contribution in [3.8, 4) is 11.5 Å². The summed E-state index contributed by atoms with van der Waals surface area (Å²) in [6.07, 6.45) is 0. The third-order valence-corrected chi connectivity index (χ3v) is 8.85. The molecule has 0 aliphatic carbocycles. The number of likely N-dealkylation sites (N-methyl/N-ethyl adjacent to an activating group) is 1. The quantitative estimate of drug-likeness (QED) is 0.426. The summed E-state index contributed by atoms with van der Waals surface area (Å²) >= 11 is 0. The normalized spacial score (nSPS) is 14.7. The van der Waals surface area contributed by atoms with Gasteiger partial charge in [0.05, 0.1) is 24.9 Å².